The molecule has 1 atom stereocenters. The molecule has 1 rings (SSSR count). The first kappa shape index (κ1) is 18.3. The Morgan fingerprint density at radius 2 is 1.86 bits per heavy atom. The Morgan fingerprint density at radius 1 is 1.24 bits per heavy atom. The SMILES string of the molecule is CCN(CCOc1ccc(Cl)cc1)C(C)CS(=O)(=O)CC. The van der Waals surface area contributed by atoms with E-state index < -0.39 is 9.84 Å². The van der Waals surface area contributed by atoms with Gasteiger partial charge in [-0.1, -0.05) is 25.4 Å². The Bertz CT molecular complexity index is 516. The number of ether oxygens (including phenoxy) is 1. The molecule has 0 spiro atoms. The average Bonchev–Trinajstić information content (AvgIpc) is 2.45. The van der Waals surface area contributed by atoms with Crippen molar-refractivity contribution in [3.05, 3.63) is 29.3 Å². The van der Waals surface area contributed by atoms with Crippen LogP contribution in [0.25, 0.3) is 0 Å². The highest BCUT2D eigenvalue weighted by molar-refractivity contribution is 7.91. The van der Waals surface area contributed by atoms with Gasteiger partial charge < -0.3 is 4.74 Å². The monoisotopic (exact) mass is 333 g/mol. The van der Waals surface area contributed by atoms with Crippen LogP contribution in [0.3, 0.4) is 0 Å². The molecule has 0 aliphatic rings. The van der Waals surface area contributed by atoms with Gasteiger partial charge in [-0.05, 0) is 37.7 Å². The number of likely N-dealkylation sites (N-methyl/N-ethyl adjacent to an activating group) is 1. The van der Waals surface area contributed by atoms with Crippen molar-refractivity contribution in [2.24, 2.45) is 0 Å². The minimum absolute atomic E-state index is 0.00577. The number of sulfone groups is 1. The summed E-state index contributed by atoms with van der Waals surface area (Å²) < 4.78 is 29.0. The molecular weight excluding hydrogens is 310 g/mol. The summed E-state index contributed by atoms with van der Waals surface area (Å²) in [5.41, 5.74) is 0. The molecule has 1 aromatic carbocycles. The van der Waals surface area contributed by atoms with Crippen molar-refractivity contribution in [1.29, 1.82) is 0 Å². The van der Waals surface area contributed by atoms with E-state index in [0.29, 0.717) is 18.2 Å². The maximum atomic E-state index is 11.7. The Hall–Kier alpha value is -0.780. The van der Waals surface area contributed by atoms with Crippen molar-refractivity contribution >= 4 is 21.4 Å². The highest BCUT2D eigenvalue weighted by Crippen LogP contribution is 2.15. The Morgan fingerprint density at radius 3 is 2.38 bits per heavy atom. The van der Waals surface area contributed by atoms with Crippen LogP contribution >= 0.6 is 11.6 Å². The molecule has 0 N–H and O–H groups in total. The van der Waals surface area contributed by atoms with E-state index in [1.165, 1.54) is 0 Å². The molecule has 0 radical (unpaired) electrons. The molecule has 21 heavy (non-hydrogen) atoms. The number of hydrogen-bond acceptors (Lipinski definition) is 4. The van der Waals surface area contributed by atoms with Gasteiger partial charge in [0.05, 0.1) is 5.75 Å². The molecule has 0 saturated carbocycles. The van der Waals surface area contributed by atoms with Crippen LogP contribution in [0.4, 0.5) is 0 Å². The largest absolute Gasteiger partial charge is 0.492 e. The predicted octanol–water partition coefficient (Wildman–Crippen LogP) is 2.86. The summed E-state index contributed by atoms with van der Waals surface area (Å²) >= 11 is 5.81. The molecule has 0 aromatic heterocycles. The van der Waals surface area contributed by atoms with Gasteiger partial charge >= 0.3 is 0 Å². The zero-order valence-corrected chi connectivity index (χ0v) is 14.5. The normalized spacial score (nSPS) is 13.4. The molecule has 1 aromatic rings. The number of rotatable bonds is 9. The lowest BCUT2D eigenvalue weighted by Crippen LogP contribution is -2.40. The Labute approximate surface area is 133 Å². The summed E-state index contributed by atoms with van der Waals surface area (Å²) in [4.78, 5) is 2.11. The molecule has 6 heteroatoms. The number of hydrogen-bond donors (Lipinski definition) is 0. The molecule has 0 heterocycles. The number of benzene rings is 1. The van der Waals surface area contributed by atoms with Crippen LogP contribution < -0.4 is 4.74 Å². The molecule has 4 nitrogen and oxygen atoms in total. The number of halogens is 1. The standard InChI is InChI=1S/C15H24ClNO3S/c1-4-17(13(3)12-21(18,19)5-2)10-11-20-15-8-6-14(16)7-9-15/h6-9,13H,4-5,10-12H2,1-3H3. The minimum Gasteiger partial charge on any atom is -0.492 e. The maximum absolute atomic E-state index is 11.7. The zero-order chi connectivity index (χ0) is 15.9. The fraction of sp³-hybridized carbons (Fsp3) is 0.600. The van der Waals surface area contributed by atoms with Crippen LogP contribution in [0.5, 0.6) is 5.75 Å². The quantitative estimate of drug-likeness (QED) is 0.697. The van der Waals surface area contributed by atoms with E-state index in [2.05, 4.69) is 4.90 Å². The third-order valence-electron chi connectivity index (χ3n) is 3.43. The van der Waals surface area contributed by atoms with Crippen LogP contribution in [0, 0.1) is 0 Å². The molecule has 0 amide bonds. The van der Waals surface area contributed by atoms with Gasteiger partial charge in [0.25, 0.3) is 0 Å². The predicted molar refractivity (Wildman–Crippen MR) is 88.0 cm³/mol. The first-order chi connectivity index (χ1) is 9.88. The summed E-state index contributed by atoms with van der Waals surface area (Å²) in [6, 6.07) is 7.21. The van der Waals surface area contributed by atoms with Crippen molar-refractivity contribution in [1.82, 2.24) is 4.90 Å². The molecule has 0 aliphatic heterocycles. The first-order valence-corrected chi connectivity index (χ1v) is 9.40. The van der Waals surface area contributed by atoms with E-state index in [1.807, 2.05) is 26.0 Å². The van der Waals surface area contributed by atoms with Crippen molar-refractivity contribution in [2.45, 2.75) is 26.8 Å². The zero-order valence-electron chi connectivity index (χ0n) is 12.9. The Balaban J connectivity index is 2.45. The third-order valence-corrected chi connectivity index (χ3v) is 5.55. The summed E-state index contributed by atoms with van der Waals surface area (Å²) in [5, 5.41) is 0.677. The van der Waals surface area contributed by atoms with E-state index in [9.17, 15) is 8.42 Å². The van der Waals surface area contributed by atoms with Gasteiger partial charge in [-0.15, -0.1) is 0 Å². The second-order valence-electron chi connectivity index (χ2n) is 4.98. The second kappa shape index (κ2) is 8.61. The van der Waals surface area contributed by atoms with Crippen LogP contribution in [0.1, 0.15) is 20.8 Å². The van der Waals surface area contributed by atoms with Crippen LogP contribution in [0.2, 0.25) is 5.02 Å². The van der Waals surface area contributed by atoms with Crippen molar-refractivity contribution < 1.29 is 13.2 Å². The lowest BCUT2D eigenvalue weighted by atomic mass is 10.3. The molecular formula is C15H24ClNO3S. The summed E-state index contributed by atoms with van der Waals surface area (Å²) in [6.45, 7) is 7.66. The summed E-state index contributed by atoms with van der Waals surface area (Å²) in [6.07, 6.45) is 0. The summed E-state index contributed by atoms with van der Waals surface area (Å²) in [7, 11) is -2.95. The smallest absolute Gasteiger partial charge is 0.151 e. The lowest BCUT2D eigenvalue weighted by Gasteiger charge is -2.27. The van der Waals surface area contributed by atoms with Crippen molar-refractivity contribution in [3.63, 3.8) is 0 Å². The molecule has 120 valence electrons. The van der Waals surface area contributed by atoms with Gasteiger partial charge in [-0.3, -0.25) is 4.90 Å². The fourth-order valence-corrected chi connectivity index (χ4v) is 3.40. The van der Waals surface area contributed by atoms with Gasteiger partial charge in [0, 0.05) is 23.4 Å². The van der Waals surface area contributed by atoms with E-state index in [-0.39, 0.29) is 17.5 Å². The van der Waals surface area contributed by atoms with E-state index in [0.717, 1.165) is 12.3 Å². The van der Waals surface area contributed by atoms with Gasteiger partial charge in [0.2, 0.25) is 0 Å². The highest BCUT2D eigenvalue weighted by atomic mass is 35.5. The van der Waals surface area contributed by atoms with E-state index in [1.54, 1.807) is 19.1 Å². The van der Waals surface area contributed by atoms with Crippen LogP contribution in [0.15, 0.2) is 24.3 Å². The van der Waals surface area contributed by atoms with Crippen LogP contribution in [-0.4, -0.2) is 50.6 Å². The van der Waals surface area contributed by atoms with Gasteiger partial charge in [-0.2, -0.15) is 0 Å². The maximum Gasteiger partial charge on any atom is 0.151 e. The van der Waals surface area contributed by atoms with Gasteiger partial charge in [0.1, 0.15) is 12.4 Å². The summed E-state index contributed by atoms with van der Waals surface area (Å²) in [5.74, 6) is 1.15. The van der Waals surface area contributed by atoms with Crippen molar-refractivity contribution in [3.8, 4) is 5.75 Å². The average molecular weight is 334 g/mol. The molecule has 0 saturated heterocycles. The fourth-order valence-electron chi connectivity index (χ4n) is 2.09. The lowest BCUT2D eigenvalue weighted by molar-refractivity contribution is 0.184. The number of nitrogens with zero attached hydrogens (tertiary/aromatic N) is 1. The van der Waals surface area contributed by atoms with Gasteiger partial charge in [-0.25, -0.2) is 8.42 Å². The minimum atomic E-state index is -2.95. The molecule has 0 fully saturated rings. The third kappa shape index (κ3) is 6.68. The van der Waals surface area contributed by atoms with Crippen molar-refractivity contribution in [2.75, 3.05) is 31.2 Å². The first-order valence-electron chi connectivity index (χ1n) is 7.20. The molecule has 0 bridgehead atoms. The second-order valence-corrected chi connectivity index (χ2v) is 7.81. The Kier molecular flexibility index (Phi) is 7.49. The van der Waals surface area contributed by atoms with Gasteiger partial charge in [0.15, 0.2) is 9.84 Å². The molecule has 1 unspecified atom stereocenters. The van der Waals surface area contributed by atoms with E-state index >= 15 is 0 Å². The van der Waals surface area contributed by atoms with Crippen LogP contribution in [-0.2, 0) is 9.84 Å². The topological polar surface area (TPSA) is 46.6 Å². The van der Waals surface area contributed by atoms with E-state index in [4.69, 9.17) is 16.3 Å². The molecule has 0 aliphatic carbocycles. The highest BCUT2D eigenvalue weighted by Gasteiger charge is 2.18.